The van der Waals surface area contributed by atoms with Crippen LogP contribution in [0.1, 0.15) is 23.7 Å². The molecule has 100 valence electrons. The minimum Gasteiger partial charge on any atom is -0.478 e. The molecule has 0 spiro atoms. The molecule has 0 aliphatic rings. The van der Waals surface area contributed by atoms with Gasteiger partial charge in [-0.15, -0.1) is 0 Å². The van der Waals surface area contributed by atoms with Crippen LogP contribution in [0.5, 0.6) is 0 Å². The first-order chi connectivity index (χ1) is 8.51. The Balaban J connectivity index is 3.08. The molecule has 0 saturated carbocycles. The zero-order valence-electron chi connectivity index (χ0n) is 10.4. The summed E-state index contributed by atoms with van der Waals surface area (Å²) in [6.07, 6.45) is 2.82. The monoisotopic (exact) mass is 272 g/mol. The highest BCUT2D eigenvalue weighted by Gasteiger charge is 2.19. The Hall–Kier alpha value is -1.43. The number of aromatic carboxylic acids is 1. The number of carboxylic acid groups (broad SMARTS) is 1. The molecule has 0 bridgehead atoms. The molecule has 0 heterocycles. The third-order valence-corrected chi connectivity index (χ3v) is 3.36. The SMILES string of the molecule is CCC(CSC)Nc1ccc(F)c(N)c1C(=O)O. The molecule has 18 heavy (non-hydrogen) atoms. The number of carboxylic acids is 1. The fraction of sp³-hybridized carbons (Fsp3) is 0.417. The summed E-state index contributed by atoms with van der Waals surface area (Å²) in [6, 6.07) is 2.72. The molecule has 0 aliphatic heterocycles. The van der Waals surface area contributed by atoms with Crippen molar-refractivity contribution in [1.29, 1.82) is 0 Å². The van der Waals surface area contributed by atoms with Crippen LogP contribution in [0.2, 0.25) is 0 Å². The van der Waals surface area contributed by atoms with E-state index in [2.05, 4.69) is 5.32 Å². The molecule has 4 nitrogen and oxygen atoms in total. The number of anilines is 2. The van der Waals surface area contributed by atoms with E-state index in [1.807, 2.05) is 13.2 Å². The lowest BCUT2D eigenvalue weighted by Crippen LogP contribution is -2.23. The van der Waals surface area contributed by atoms with Gasteiger partial charge in [0.25, 0.3) is 0 Å². The lowest BCUT2D eigenvalue weighted by atomic mass is 10.1. The smallest absolute Gasteiger partial charge is 0.340 e. The summed E-state index contributed by atoms with van der Waals surface area (Å²) in [5, 5.41) is 12.2. The average molecular weight is 272 g/mol. The van der Waals surface area contributed by atoms with E-state index in [0.29, 0.717) is 5.69 Å². The highest BCUT2D eigenvalue weighted by Crippen LogP contribution is 2.26. The van der Waals surface area contributed by atoms with Gasteiger partial charge in [0.05, 0.1) is 11.4 Å². The van der Waals surface area contributed by atoms with E-state index in [-0.39, 0.29) is 17.3 Å². The van der Waals surface area contributed by atoms with Crippen LogP contribution in [-0.2, 0) is 0 Å². The van der Waals surface area contributed by atoms with Crippen molar-refractivity contribution >= 4 is 29.1 Å². The van der Waals surface area contributed by atoms with E-state index in [9.17, 15) is 9.18 Å². The Bertz CT molecular complexity index is 440. The number of thioether (sulfide) groups is 1. The maximum atomic E-state index is 13.3. The Morgan fingerprint density at radius 2 is 2.28 bits per heavy atom. The van der Waals surface area contributed by atoms with Crippen molar-refractivity contribution in [3.63, 3.8) is 0 Å². The van der Waals surface area contributed by atoms with Crippen LogP contribution in [0.15, 0.2) is 12.1 Å². The fourth-order valence-electron chi connectivity index (χ4n) is 1.63. The van der Waals surface area contributed by atoms with Gasteiger partial charge >= 0.3 is 5.97 Å². The first-order valence-corrected chi connectivity index (χ1v) is 6.97. The standard InChI is InChI=1S/C12H17FN2O2S/c1-3-7(6-18-2)15-9-5-4-8(13)11(14)10(9)12(16)17/h4-5,7,15H,3,6,14H2,1-2H3,(H,16,17). The predicted molar refractivity (Wildman–Crippen MR) is 73.9 cm³/mol. The van der Waals surface area contributed by atoms with Crippen LogP contribution < -0.4 is 11.1 Å². The maximum Gasteiger partial charge on any atom is 0.340 e. The second-order valence-electron chi connectivity index (χ2n) is 3.89. The minimum atomic E-state index is -1.23. The second kappa shape index (κ2) is 6.49. The number of carbonyl (C=O) groups is 1. The molecule has 0 saturated heterocycles. The Morgan fingerprint density at radius 1 is 1.61 bits per heavy atom. The fourth-order valence-corrected chi connectivity index (χ4v) is 2.35. The molecule has 1 rings (SSSR count). The second-order valence-corrected chi connectivity index (χ2v) is 4.80. The maximum absolute atomic E-state index is 13.3. The van der Waals surface area contributed by atoms with Crippen molar-refractivity contribution in [1.82, 2.24) is 0 Å². The van der Waals surface area contributed by atoms with E-state index in [4.69, 9.17) is 10.8 Å². The molecule has 1 unspecified atom stereocenters. The third-order valence-electron chi connectivity index (χ3n) is 2.63. The van der Waals surface area contributed by atoms with Crippen molar-refractivity contribution in [3.8, 4) is 0 Å². The highest BCUT2D eigenvalue weighted by molar-refractivity contribution is 7.98. The van der Waals surface area contributed by atoms with Gasteiger partial charge in [0, 0.05) is 11.8 Å². The number of benzene rings is 1. The zero-order chi connectivity index (χ0) is 13.7. The first kappa shape index (κ1) is 14.6. The molecule has 1 aromatic rings. The summed E-state index contributed by atoms with van der Waals surface area (Å²) < 4.78 is 13.3. The van der Waals surface area contributed by atoms with Crippen molar-refractivity contribution < 1.29 is 14.3 Å². The van der Waals surface area contributed by atoms with Gasteiger partial charge in [0.15, 0.2) is 0 Å². The molecule has 1 atom stereocenters. The van der Waals surface area contributed by atoms with E-state index in [1.165, 1.54) is 12.1 Å². The number of nitrogen functional groups attached to an aromatic ring is 1. The first-order valence-electron chi connectivity index (χ1n) is 5.58. The number of nitrogens with one attached hydrogen (secondary N) is 1. The number of hydrogen-bond acceptors (Lipinski definition) is 4. The van der Waals surface area contributed by atoms with Gasteiger partial charge in [-0.2, -0.15) is 11.8 Å². The van der Waals surface area contributed by atoms with Crippen molar-refractivity contribution in [2.45, 2.75) is 19.4 Å². The summed E-state index contributed by atoms with van der Waals surface area (Å²) in [5.41, 5.74) is 5.31. The largest absolute Gasteiger partial charge is 0.478 e. The third kappa shape index (κ3) is 3.29. The zero-order valence-corrected chi connectivity index (χ0v) is 11.2. The van der Waals surface area contributed by atoms with Crippen LogP contribution in [0, 0.1) is 5.82 Å². The summed E-state index contributed by atoms with van der Waals surface area (Å²) in [7, 11) is 0. The van der Waals surface area contributed by atoms with Crippen molar-refractivity contribution in [2.75, 3.05) is 23.1 Å². The van der Waals surface area contributed by atoms with E-state index in [0.717, 1.165) is 12.2 Å². The molecule has 0 amide bonds. The van der Waals surface area contributed by atoms with E-state index >= 15 is 0 Å². The molecule has 6 heteroatoms. The van der Waals surface area contributed by atoms with Gasteiger partial charge in [-0.05, 0) is 24.8 Å². The van der Waals surface area contributed by atoms with Crippen LogP contribution in [-0.4, -0.2) is 29.1 Å². The molecule has 0 radical (unpaired) electrons. The molecular weight excluding hydrogens is 255 g/mol. The highest BCUT2D eigenvalue weighted by atomic mass is 32.2. The summed E-state index contributed by atoms with van der Waals surface area (Å²) >= 11 is 1.66. The van der Waals surface area contributed by atoms with Gasteiger partial charge in [-0.25, -0.2) is 9.18 Å². The van der Waals surface area contributed by atoms with E-state index < -0.39 is 11.8 Å². The van der Waals surface area contributed by atoms with Gasteiger partial charge in [0.2, 0.25) is 0 Å². The molecular formula is C12H17FN2O2S. The lowest BCUT2D eigenvalue weighted by molar-refractivity contribution is 0.0698. The van der Waals surface area contributed by atoms with E-state index in [1.54, 1.807) is 11.8 Å². The lowest BCUT2D eigenvalue weighted by Gasteiger charge is -2.19. The van der Waals surface area contributed by atoms with Gasteiger partial charge in [0.1, 0.15) is 11.4 Å². The number of rotatable bonds is 6. The number of nitrogens with two attached hydrogens (primary N) is 1. The summed E-state index contributed by atoms with van der Waals surface area (Å²) in [4.78, 5) is 11.1. The van der Waals surface area contributed by atoms with Gasteiger partial charge in [-0.1, -0.05) is 6.92 Å². The molecule has 0 aliphatic carbocycles. The van der Waals surface area contributed by atoms with Gasteiger partial charge in [-0.3, -0.25) is 0 Å². The minimum absolute atomic E-state index is 0.128. The normalized spacial score (nSPS) is 12.2. The Morgan fingerprint density at radius 3 is 2.78 bits per heavy atom. The molecule has 0 aromatic heterocycles. The number of hydrogen-bond donors (Lipinski definition) is 3. The summed E-state index contributed by atoms with van der Waals surface area (Å²) in [5.74, 6) is -1.10. The summed E-state index contributed by atoms with van der Waals surface area (Å²) in [6.45, 7) is 2.00. The molecule has 1 aromatic carbocycles. The van der Waals surface area contributed by atoms with Gasteiger partial charge < -0.3 is 16.2 Å². The predicted octanol–water partition coefficient (Wildman–Crippen LogP) is 2.66. The number of halogens is 1. The van der Waals surface area contributed by atoms with Crippen LogP contribution >= 0.6 is 11.8 Å². The van der Waals surface area contributed by atoms with Crippen LogP contribution in [0.3, 0.4) is 0 Å². The van der Waals surface area contributed by atoms with Crippen LogP contribution in [0.25, 0.3) is 0 Å². The van der Waals surface area contributed by atoms with Crippen molar-refractivity contribution in [2.24, 2.45) is 0 Å². The Labute approximate surface area is 110 Å². The Kier molecular flexibility index (Phi) is 5.27. The van der Waals surface area contributed by atoms with Crippen LogP contribution in [0.4, 0.5) is 15.8 Å². The quantitative estimate of drug-likeness (QED) is 0.694. The average Bonchev–Trinajstić information content (AvgIpc) is 2.32. The topological polar surface area (TPSA) is 75.3 Å². The molecule has 4 N–H and O–H groups in total. The molecule has 0 fully saturated rings. The van der Waals surface area contributed by atoms with Crippen molar-refractivity contribution in [3.05, 3.63) is 23.5 Å².